The molecule has 0 radical (unpaired) electrons. The summed E-state index contributed by atoms with van der Waals surface area (Å²) in [7, 11) is 0. The predicted octanol–water partition coefficient (Wildman–Crippen LogP) is 3.17. The number of nitrogens with zero attached hydrogens (tertiary/aromatic N) is 2. The first-order valence-corrected chi connectivity index (χ1v) is 7.17. The molecule has 7 heteroatoms. The van der Waals surface area contributed by atoms with Crippen molar-refractivity contribution in [3.05, 3.63) is 44.8 Å². The highest BCUT2D eigenvalue weighted by Gasteiger charge is 2.20. The van der Waals surface area contributed by atoms with Gasteiger partial charge in [0.1, 0.15) is 5.82 Å². The summed E-state index contributed by atoms with van der Waals surface area (Å²) in [5.74, 6) is 0.923. The van der Waals surface area contributed by atoms with Gasteiger partial charge < -0.3 is 10.3 Å². The number of rotatable bonds is 3. The molecule has 1 fully saturated rings. The van der Waals surface area contributed by atoms with Crippen LogP contribution >= 0.6 is 15.9 Å². The van der Waals surface area contributed by atoms with E-state index in [-0.39, 0.29) is 11.7 Å². The third-order valence-corrected chi connectivity index (χ3v) is 4.08. The van der Waals surface area contributed by atoms with Crippen molar-refractivity contribution in [1.82, 2.24) is 15.3 Å². The number of halogens is 1. The van der Waals surface area contributed by atoms with E-state index in [0.717, 1.165) is 36.5 Å². The zero-order valence-electron chi connectivity index (χ0n) is 10.6. The number of nitro benzene ring substituents is 1. The molecule has 20 heavy (non-hydrogen) atoms. The van der Waals surface area contributed by atoms with Gasteiger partial charge in [-0.2, -0.15) is 0 Å². The molecule has 1 aromatic heterocycles. The standard InChI is InChI=1S/C13H13BrN4O2/c14-9-6-8(3-4-12(9)18(19)20)11-7-16-13(17-11)10-2-1-5-15-10/h3-4,6-7,10,15H,1-2,5H2,(H,16,17). The highest BCUT2D eigenvalue weighted by atomic mass is 79.9. The molecule has 0 spiro atoms. The number of hydrogen-bond donors (Lipinski definition) is 2. The van der Waals surface area contributed by atoms with E-state index < -0.39 is 4.92 Å². The fourth-order valence-electron chi connectivity index (χ4n) is 2.40. The van der Waals surface area contributed by atoms with Crippen LogP contribution in [0, 0.1) is 10.1 Å². The topological polar surface area (TPSA) is 83.8 Å². The zero-order valence-corrected chi connectivity index (χ0v) is 12.2. The van der Waals surface area contributed by atoms with Gasteiger partial charge in [-0.25, -0.2) is 4.98 Å². The second-order valence-corrected chi connectivity index (χ2v) is 5.61. The molecule has 2 N–H and O–H groups in total. The van der Waals surface area contributed by atoms with Gasteiger partial charge in [-0.15, -0.1) is 0 Å². The van der Waals surface area contributed by atoms with Crippen molar-refractivity contribution in [3.63, 3.8) is 0 Å². The van der Waals surface area contributed by atoms with Crippen LogP contribution in [0.4, 0.5) is 5.69 Å². The number of benzene rings is 1. The Labute approximate surface area is 123 Å². The van der Waals surface area contributed by atoms with Gasteiger partial charge in [0.2, 0.25) is 0 Å². The molecule has 6 nitrogen and oxygen atoms in total. The number of imidazole rings is 1. The van der Waals surface area contributed by atoms with E-state index in [1.807, 2.05) is 0 Å². The van der Waals surface area contributed by atoms with Crippen LogP contribution in [0.5, 0.6) is 0 Å². The van der Waals surface area contributed by atoms with E-state index in [4.69, 9.17) is 0 Å². The van der Waals surface area contributed by atoms with Gasteiger partial charge >= 0.3 is 0 Å². The molecule has 0 saturated carbocycles. The highest BCUT2D eigenvalue weighted by molar-refractivity contribution is 9.10. The fraction of sp³-hybridized carbons (Fsp3) is 0.308. The Hall–Kier alpha value is -1.73. The molecule has 0 bridgehead atoms. The van der Waals surface area contributed by atoms with Gasteiger partial charge in [0.05, 0.1) is 27.3 Å². The van der Waals surface area contributed by atoms with Crippen molar-refractivity contribution in [1.29, 1.82) is 0 Å². The summed E-state index contributed by atoms with van der Waals surface area (Å²) >= 11 is 3.23. The molecular formula is C13H13BrN4O2. The molecule has 1 unspecified atom stereocenters. The van der Waals surface area contributed by atoms with Gasteiger partial charge in [0.15, 0.2) is 0 Å². The Morgan fingerprint density at radius 1 is 1.45 bits per heavy atom. The Kier molecular flexibility index (Phi) is 3.54. The SMILES string of the molecule is O=[N+]([O-])c1ccc(-c2cnc(C3CCCN3)[nH]2)cc1Br. The lowest BCUT2D eigenvalue weighted by Gasteiger charge is -2.05. The van der Waals surface area contributed by atoms with Crippen molar-refractivity contribution in [3.8, 4) is 11.3 Å². The lowest BCUT2D eigenvalue weighted by molar-refractivity contribution is -0.385. The second kappa shape index (κ2) is 5.34. The average Bonchev–Trinajstić information content (AvgIpc) is 3.09. The van der Waals surface area contributed by atoms with Gasteiger partial charge in [-0.1, -0.05) is 0 Å². The van der Waals surface area contributed by atoms with Crippen LogP contribution in [-0.2, 0) is 0 Å². The van der Waals surface area contributed by atoms with Crippen molar-refractivity contribution >= 4 is 21.6 Å². The third kappa shape index (κ3) is 2.46. The van der Waals surface area contributed by atoms with E-state index in [1.54, 1.807) is 18.3 Å². The predicted molar refractivity (Wildman–Crippen MR) is 78.4 cm³/mol. The molecule has 2 aromatic rings. The molecule has 0 amide bonds. The molecule has 3 rings (SSSR count). The van der Waals surface area contributed by atoms with Crippen LogP contribution in [0.3, 0.4) is 0 Å². The van der Waals surface area contributed by atoms with Crippen LogP contribution in [0.15, 0.2) is 28.9 Å². The van der Waals surface area contributed by atoms with Crippen molar-refractivity contribution < 1.29 is 4.92 Å². The van der Waals surface area contributed by atoms with Crippen molar-refractivity contribution in [2.75, 3.05) is 6.54 Å². The molecule has 1 saturated heterocycles. The molecular weight excluding hydrogens is 324 g/mol. The van der Waals surface area contributed by atoms with Gasteiger partial charge in [0.25, 0.3) is 5.69 Å². The van der Waals surface area contributed by atoms with Gasteiger partial charge in [0, 0.05) is 11.6 Å². The summed E-state index contributed by atoms with van der Waals surface area (Å²) < 4.78 is 0.468. The number of nitro groups is 1. The van der Waals surface area contributed by atoms with Crippen LogP contribution in [-0.4, -0.2) is 21.4 Å². The minimum atomic E-state index is -0.408. The Balaban J connectivity index is 1.89. The molecule has 1 atom stereocenters. The summed E-state index contributed by atoms with van der Waals surface area (Å²) in [4.78, 5) is 18.1. The number of nitrogens with one attached hydrogen (secondary N) is 2. The molecule has 1 aromatic carbocycles. The molecule has 1 aliphatic heterocycles. The van der Waals surface area contributed by atoms with Crippen LogP contribution < -0.4 is 5.32 Å². The van der Waals surface area contributed by atoms with E-state index in [0.29, 0.717) is 4.47 Å². The Morgan fingerprint density at radius 3 is 2.95 bits per heavy atom. The third-order valence-electron chi connectivity index (χ3n) is 3.44. The quantitative estimate of drug-likeness (QED) is 0.666. The largest absolute Gasteiger partial charge is 0.341 e. The molecule has 0 aliphatic carbocycles. The van der Waals surface area contributed by atoms with E-state index in [9.17, 15) is 10.1 Å². The summed E-state index contributed by atoms with van der Waals surface area (Å²) in [6, 6.07) is 5.23. The number of hydrogen-bond acceptors (Lipinski definition) is 4. The van der Waals surface area contributed by atoms with Gasteiger partial charge in [-0.05, 0) is 47.4 Å². The van der Waals surface area contributed by atoms with Gasteiger partial charge in [-0.3, -0.25) is 10.1 Å². The minimum Gasteiger partial charge on any atom is -0.341 e. The first-order chi connectivity index (χ1) is 9.65. The maximum absolute atomic E-state index is 10.8. The first-order valence-electron chi connectivity index (χ1n) is 6.38. The Bertz CT molecular complexity index is 650. The lowest BCUT2D eigenvalue weighted by Crippen LogP contribution is -2.14. The molecule has 1 aliphatic rings. The summed E-state index contributed by atoms with van der Waals surface area (Å²) in [5.41, 5.74) is 1.80. The minimum absolute atomic E-state index is 0.0611. The monoisotopic (exact) mass is 336 g/mol. The second-order valence-electron chi connectivity index (χ2n) is 4.75. The highest BCUT2D eigenvalue weighted by Crippen LogP contribution is 2.30. The lowest BCUT2D eigenvalue weighted by atomic mass is 10.1. The maximum atomic E-state index is 10.8. The maximum Gasteiger partial charge on any atom is 0.283 e. The Morgan fingerprint density at radius 2 is 2.30 bits per heavy atom. The van der Waals surface area contributed by atoms with E-state index in [2.05, 4.69) is 31.2 Å². The summed E-state index contributed by atoms with van der Waals surface area (Å²) in [6.45, 7) is 1.02. The first kappa shape index (κ1) is 13.3. The zero-order chi connectivity index (χ0) is 14.1. The van der Waals surface area contributed by atoms with Crippen LogP contribution in [0.2, 0.25) is 0 Å². The fourth-order valence-corrected chi connectivity index (χ4v) is 2.92. The number of aromatic nitrogens is 2. The van der Waals surface area contributed by atoms with Crippen molar-refractivity contribution in [2.24, 2.45) is 0 Å². The summed E-state index contributed by atoms with van der Waals surface area (Å²) in [6.07, 6.45) is 4.00. The van der Waals surface area contributed by atoms with Crippen LogP contribution in [0.1, 0.15) is 24.7 Å². The molecule has 104 valence electrons. The van der Waals surface area contributed by atoms with E-state index in [1.165, 1.54) is 6.07 Å². The summed E-state index contributed by atoms with van der Waals surface area (Å²) in [5, 5.41) is 14.2. The van der Waals surface area contributed by atoms with Crippen LogP contribution in [0.25, 0.3) is 11.3 Å². The molecule has 2 heterocycles. The van der Waals surface area contributed by atoms with Crippen molar-refractivity contribution in [2.45, 2.75) is 18.9 Å². The normalized spacial score (nSPS) is 18.4. The average molecular weight is 337 g/mol. The van der Waals surface area contributed by atoms with E-state index >= 15 is 0 Å². The number of aromatic amines is 1. The number of H-pyrrole nitrogens is 1. The smallest absolute Gasteiger partial charge is 0.283 e.